The Balaban J connectivity index is 2.26. The van der Waals surface area contributed by atoms with Crippen LogP contribution < -0.4 is 0 Å². The molecule has 0 radical (unpaired) electrons. The first kappa shape index (κ1) is 26.3. The Bertz CT molecular complexity index is 739. The van der Waals surface area contributed by atoms with Crippen LogP contribution in [0.15, 0.2) is 23.8 Å². The monoisotopic (exact) mass is 448 g/mol. The summed E-state index contributed by atoms with van der Waals surface area (Å²) in [5, 5.41) is 0. The highest BCUT2D eigenvalue weighted by Gasteiger charge is 2.44. The Labute approximate surface area is 192 Å². The van der Waals surface area contributed by atoms with Crippen molar-refractivity contribution >= 4 is 17.7 Å². The third-order valence-electron chi connectivity index (χ3n) is 6.31. The Hall–Kier alpha value is -1.95. The lowest BCUT2D eigenvalue weighted by molar-refractivity contribution is -0.152. The molecule has 0 bridgehead atoms. The average Bonchev–Trinajstić information content (AvgIpc) is 2.98. The second-order valence-electron chi connectivity index (χ2n) is 9.92. The van der Waals surface area contributed by atoms with Crippen molar-refractivity contribution in [2.24, 2.45) is 11.8 Å². The van der Waals surface area contributed by atoms with E-state index >= 15 is 0 Å². The molecule has 6 heteroatoms. The summed E-state index contributed by atoms with van der Waals surface area (Å²) in [6.45, 7) is 11.6. The number of ether oxygens (including phenoxy) is 3. The summed E-state index contributed by atoms with van der Waals surface area (Å²) in [5.41, 5.74) is 0.849. The highest BCUT2D eigenvalue weighted by atomic mass is 16.6. The van der Waals surface area contributed by atoms with E-state index in [9.17, 15) is 14.4 Å². The van der Waals surface area contributed by atoms with E-state index in [0.717, 1.165) is 31.3 Å². The van der Waals surface area contributed by atoms with E-state index in [-0.39, 0.29) is 54.2 Å². The number of ketones is 1. The van der Waals surface area contributed by atoms with Crippen molar-refractivity contribution in [1.82, 2.24) is 0 Å². The number of cyclic esters (lactones) is 1. The van der Waals surface area contributed by atoms with Crippen molar-refractivity contribution in [1.29, 1.82) is 0 Å². The van der Waals surface area contributed by atoms with Gasteiger partial charge in [0.15, 0.2) is 0 Å². The molecule has 0 aromatic rings. The molecule has 0 saturated carbocycles. The lowest BCUT2D eigenvalue weighted by Crippen LogP contribution is -2.28. The Morgan fingerprint density at radius 2 is 1.91 bits per heavy atom. The molecule has 2 aliphatic heterocycles. The van der Waals surface area contributed by atoms with Crippen LogP contribution in [-0.4, -0.2) is 41.6 Å². The molecule has 32 heavy (non-hydrogen) atoms. The molecule has 2 heterocycles. The van der Waals surface area contributed by atoms with Crippen LogP contribution in [0, 0.1) is 11.8 Å². The van der Waals surface area contributed by atoms with Crippen LogP contribution in [0.2, 0.25) is 0 Å². The maximum atomic E-state index is 12.5. The zero-order valence-electron chi connectivity index (χ0n) is 20.5. The maximum absolute atomic E-state index is 12.5. The fourth-order valence-electron chi connectivity index (χ4n) is 4.71. The first-order valence-electron chi connectivity index (χ1n) is 11.9. The quantitative estimate of drug-likeness (QED) is 0.440. The summed E-state index contributed by atoms with van der Waals surface area (Å²) in [6.07, 6.45) is 8.68. The summed E-state index contributed by atoms with van der Waals surface area (Å²) < 4.78 is 17.8. The molecular weight excluding hydrogens is 408 g/mol. The van der Waals surface area contributed by atoms with Gasteiger partial charge in [0.05, 0.1) is 18.1 Å². The zero-order valence-corrected chi connectivity index (χ0v) is 20.5. The molecule has 0 unspecified atom stereocenters. The summed E-state index contributed by atoms with van der Waals surface area (Å²) in [7, 11) is 0. The van der Waals surface area contributed by atoms with Gasteiger partial charge >= 0.3 is 11.9 Å². The van der Waals surface area contributed by atoms with Crippen molar-refractivity contribution in [3.05, 3.63) is 23.8 Å². The van der Waals surface area contributed by atoms with Gasteiger partial charge in [-0.2, -0.15) is 0 Å². The van der Waals surface area contributed by atoms with Crippen LogP contribution in [0.3, 0.4) is 0 Å². The van der Waals surface area contributed by atoms with Crippen molar-refractivity contribution in [2.75, 3.05) is 0 Å². The second-order valence-corrected chi connectivity index (χ2v) is 9.92. The van der Waals surface area contributed by atoms with Gasteiger partial charge in [-0.15, -0.1) is 0 Å². The predicted molar refractivity (Wildman–Crippen MR) is 123 cm³/mol. The minimum atomic E-state index is -0.493. The first-order valence-corrected chi connectivity index (χ1v) is 11.9. The van der Waals surface area contributed by atoms with Crippen molar-refractivity contribution < 1.29 is 28.6 Å². The number of hydrogen-bond donors (Lipinski definition) is 0. The summed E-state index contributed by atoms with van der Waals surface area (Å²) >= 11 is 0. The highest BCUT2D eigenvalue weighted by molar-refractivity contribution is 5.82. The molecule has 0 aromatic carbocycles. The lowest BCUT2D eigenvalue weighted by Gasteiger charge is -2.24. The third-order valence-corrected chi connectivity index (χ3v) is 6.31. The molecular formula is C26H40O6. The molecule has 180 valence electrons. The molecule has 1 fully saturated rings. The Morgan fingerprint density at radius 3 is 2.56 bits per heavy atom. The van der Waals surface area contributed by atoms with Crippen molar-refractivity contribution in [2.45, 2.75) is 110 Å². The third kappa shape index (κ3) is 8.19. The van der Waals surface area contributed by atoms with E-state index in [1.165, 1.54) is 13.0 Å². The van der Waals surface area contributed by atoms with Crippen LogP contribution in [0.25, 0.3) is 0 Å². The van der Waals surface area contributed by atoms with Gasteiger partial charge in [0.2, 0.25) is 0 Å². The van der Waals surface area contributed by atoms with Crippen LogP contribution in [0.1, 0.15) is 86.5 Å². The van der Waals surface area contributed by atoms with E-state index < -0.39 is 12.1 Å². The minimum Gasteiger partial charge on any atom is -0.461 e. The lowest BCUT2D eigenvalue weighted by atomic mass is 9.93. The van der Waals surface area contributed by atoms with Gasteiger partial charge < -0.3 is 14.2 Å². The fourth-order valence-corrected chi connectivity index (χ4v) is 4.71. The summed E-state index contributed by atoms with van der Waals surface area (Å²) in [6, 6.07) is 0. The first-order chi connectivity index (χ1) is 15.0. The molecule has 2 rings (SSSR count). The van der Waals surface area contributed by atoms with E-state index in [0.29, 0.717) is 6.42 Å². The normalized spacial score (nSPS) is 37.6. The van der Waals surface area contributed by atoms with Crippen LogP contribution in [0.5, 0.6) is 0 Å². The van der Waals surface area contributed by atoms with Gasteiger partial charge in [-0.25, -0.2) is 4.79 Å². The molecule has 0 N–H and O–H groups in total. The number of rotatable bonds is 4. The molecule has 1 saturated heterocycles. The van der Waals surface area contributed by atoms with Gasteiger partial charge in [0.1, 0.15) is 18.0 Å². The topological polar surface area (TPSA) is 78.9 Å². The van der Waals surface area contributed by atoms with Crippen molar-refractivity contribution in [3.8, 4) is 0 Å². The zero-order chi connectivity index (χ0) is 23.9. The molecule has 2 aliphatic rings. The minimum absolute atomic E-state index is 0.0109. The van der Waals surface area contributed by atoms with E-state index in [2.05, 4.69) is 19.9 Å². The van der Waals surface area contributed by atoms with Crippen LogP contribution >= 0.6 is 0 Å². The second kappa shape index (κ2) is 11.8. The number of carbonyl (C=O) groups excluding carboxylic acids is 3. The summed E-state index contributed by atoms with van der Waals surface area (Å²) in [4.78, 5) is 36.7. The molecule has 0 aromatic heterocycles. The number of fused-ring (bicyclic) bond motifs is 1. The van der Waals surface area contributed by atoms with E-state index in [1.54, 1.807) is 6.08 Å². The SMILES string of the molecule is CCC[C@]1(C)C[C@H]2OC(=O)/C=C/[C@@H](C)CC(=O)O[C@@H](CC(C)=O)[C@H](C)/C=C(/C)CC[C@@H]2O1. The van der Waals surface area contributed by atoms with Gasteiger partial charge in [-0.1, -0.05) is 44.9 Å². The van der Waals surface area contributed by atoms with Gasteiger partial charge in [0.25, 0.3) is 0 Å². The molecule has 6 nitrogen and oxygen atoms in total. The Morgan fingerprint density at radius 1 is 1.19 bits per heavy atom. The molecule has 0 spiro atoms. The number of carbonyl (C=O) groups is 3. The van der Waals surface area contributed by atoms with Gasteiger partial charge in [-0.05, 0) is 46.0 Å². The maximum Gasteiger partial charge on any atom is 0.330 e. The standard InChI is InChI=1S/C26H40O6/c1-7-12-26(6)16-23-21(32-26)10-8-17(2)13-19(4)22(15-20(5)27)30-25(29)14-18(3)9-11-24(28)31-23/h9,11,13,18-19,21-23H,7-8,10,12,14-16H2,1-6H3/b11-9+,17-13-/t18-,19-,21+,22+,23-,26-/m1/s1. The number of esters is 2. The largest absolute Gasteiger partial charge is 0.461 e. The van der Waals surface area contributed by atoms with Crippen LogP contribution in [-0.2, 0) is 28.6 Å². The summed E-state index contributed by atoms with van der Waals surface area (Å²) in [5.74, 6) is -1.05. The molecule has 6 atom stereocenters. The number of hydrogen-bond acceptors (Lipinski definition) is 6. The fraction of sp³-hybridized carbons (Fsp3) is 0.731. The molecule has 0 amide bonds. The van der Waals surface area contributed by atoms with Crippen LogP contribution in [0.4, 0.5) is 0 Å². The van der Waals surface area contributed by atoms with E-state index in [4.69, 9.17) is 14.2 Å². The van der Waals surface area contributed by atoms with Gasteiger partial charge in [-0.3, -0.25) is 9.59 Å². The predicted octanol–water partition coefficient (Wildman–Crippen LogP) is 5.10. The van der Waals surface area contributed by atoms with Crippen molar-refractivity contribution in [3.63, 3.8) is 0 Å². The van der Waals surface area contributed by atoms with E-state index in [1.807, 2.05) is 20.8 Å². The van der Waals surface area contributed by atoms with Gasteiger partial charge in [0, 0.05) is 24.8 Å². The molecule has 0 aliphatic carbocycles. The Kier molecular flexibility index (Phi) is 9.68. The number of allylic oxidation sites excluding steroid dienone is 2. The highest BCUT2D eigenvalue weighted by Crippen LogP contribution is 2.38. The average molecular weight is 449 g/mol. The number of Topliss-reactive ketones (excluding diaryl/α,β-unsaturated/α-hetero) is 1. The smallest absolute Gasteiger partial charge is 0.330 e.